The van der Waals surface area contributed by atoms with Gasteiger partial charge in [-0.05, 0) is 57.6 Å². The van der Waals surface area contributed by atoms with Crippen molar-refractivity contribution in [3.05, 3.63) is 21.4 Å². The average Bonchev–Trinajstić information content (AvgIpc) is 2.86. The van der Waals surface area contributed by atoms with E-state index >= 15 is 0 Å². The van der Waals surface area contributed by atoms with Crippen LogP contribution < -0.4 is 0 Å². The van der Waals surface area contributed by atoms with E-state index in [1.807, 2.05) is 19.9 Å². The fourth-order valence-corrected chi connectivity index (χ4v) is 3.94. The van der Waals surface area contributed by atoms with Crippen LogP contribution in [0.2, 0.25) is 0 Å². The maximum atomic E-state index is 12.7. The van der Waals surface area contributed by atoms with E-state index in [1.54, 1.807) is 16.2 Å². The molecule has 1 aromatic heterocycles. The Hall–Kier alpha value is -1.36. The lowest BCUT2D eigenvalue weighted by Gasteiger charge is -2.26. The minimum absolute atomic E-state index is 0.0507. The van der Waals surface area contributed by atoms with Crippen LogP contribution >= 0.6 is 11.3 Å². The molecule has 2 rings (SSSR count). The summed E-state index contributed by atoms with van der Waals surface area (Å²) in [5.41, 5.74) is 1.34. The standard InChI is InChI=1S/C16H23NO3S/c1-11(2)17(9-5-8-15(18)19)16(20)14-10-12-6-3-4-7-13(12)21-14/h10-11H,3-9H2,1-2H3,(H,18,19). The van der Waals surface area contributed by atoms with Crippen LogP contribution in [-0.2, 0) is 17.6 Å². The molecule has 0 saturated heterocycles. The molecule has 0 unspecified atom stereocenters. The van der Waals surface area contributed by atoms with Crippen molar-refractivity contribution in [2.24, 2.45) is 0 Å². The second kappa shape index (κ2) is 7.07. The second-order valence-electron chi connectivity index (χ2n) is 5.86. The zero-order valence-electron chi connectivity index (χ0n) is 12.7. The van der Waals surface area contributed by atoms with E-state index < -0.39 is 5.97 Å². The quantitative estimate of drug-likeness (QED) is 0.876. The van der Waals surface area contributed by atoms with Gasteiger partial charge in [-0.25, -0.2) is 0 Å². The number of hydrogen-bond donors (Lipinski definition) is 1. The molecule has 0 fully saturated rings. The Morgan fingerprint density at radius 2 is 2.05 bits per heavy atom. The molecular formula is C16H23NO3S. The first-order valence-corrected chi connectivity index (χ1v) is 8.45. The fourth-order valence-electron chi connectivity index (χ4n) is 2.73. The van der Waals surface area contributed by atoms with Crippen molar-refractivity contribution in [3.63, 3.8) is 0 Å². The molecule has 1 heterocycles. The highest BCUT2D eigenvalue weighted by Crippen LogP contribution is 2.30. The van der Waals surface area contributed by atoms with Crippen LogP contribution in [0.1, 0.15) is 59.6 Å². The summed E-state index contributed by atoms with van der Waals surface area (Å²) in [6, 6.07) is 2.14. The Morgan fingerprint density at radius 3 is 2.67 bits per heavy atom. The van der Waals surface area contributed by atoms with E-state index in [4.69, 9.17) is 5.11 Å². The molecule has 0 aliphatic heterocycles. The lowest BCUT2D eigenvalue weighted by atomic mass is 9.99. The molecule has 1 aliphatic carbocycles. The molecular weight excluding hydrogens is 286 g/mol. The molecule has 5 heteroatoms. The average molecular weight is 309 g/mol. The van der Waals surface area contributed by atoms with Gasteiger partial charge in [0, 0.05) is 23.9 Å². The van der Waals surface area contributed by atoms with Crippen molar-refractivity contribution >= 4 is 23.2 Å². The van der Waals surface area contributed by atoms with E-state index in [2.05, 4.69) is 0 Å². The molecule has 0 bridgehead atoms. The van der Waals surface area contributed by atoms with Gasteiger partial charge in [-0.2, -0.15) is 0 Å². The molecule has 0 saturated carbocycles. The number of rotatable bonds is 6. The Bertz CT molecular complexity index is 498. The van der Waals surface area contributed by atoms with Gasteiger partial charge >= 0.3 is 5.97 Å². The summed E-state index contributed by atoms with van der Waals surface area (Å²) in [6.07, 6.45) is 5.22. The summed E-state index contributed by atoms with van der Waals surface area (Å²) in [7, 11) is 0. The highest BCUT2D eigenvalue weighted by molar-refractivity contribution is 7.14. The van der Waals surface area contributed by atoms with Crippen molar-refractivity contribution < 1.29 is 14.7 Å². The molecule has 1 N–H and O–H groups in total. The third-order valence-corrected chi connectivity index (χ3v) is 5.11. The molecule has 0 radical (unpaired) electrons. The van der Waals surface area contributed by atoms with Gasteiger partial charge < -0.3 is 10.0 Å². The van der Waals surface area contributed by atoms with Gasteiger partial charge in [0.2, 0.25) is 0 Å². The Labute approximate surface area is 129 Å². The van der Waals surface area contributed by atoms with Crippen LogP contribution in [-0.4, -0.2) is 34.5 Å². The number of hydrogen-bond acceptors (Lipinski definition) is 3. The second-order valence-corrected chi connectivity index (χ2v) is 6.99. The Morgan fingerprint density at radius 1 is 1.33 bits per heavy atom. The normalized spacial score (nSPS) is 14.0. The first kappa shape index (κ1) is 16.0. The van der Waals surface area contributed by atoms with Crippen LogP contribution in [0, 0.1) is 0 Å². The van der Waals surface area contributed by atoms with E-state index in [0.29, 0.717) is 13.0 Å². The van der Waals surface area contributed by atoms with Crippen molar-refractivity contribution in [1.82, 2.24) is 4.90 Å². The molecule has 1 aromatic rings. The van der Waals surface area contributed by atoms with Crippen LogP contribution in [0.25, 0.3) is 0 Å². The molecule has 0 spiro atoms. The summed E-state index contributed by atoms with van der Waals surface area (Å²) >= 11 is 1.62. The molecule has 1 amide bonds. The lowest BCUT2D eigenvalue weighted by Crippen LogP contribution is -2.37. The SMILES string of the molecule is CC(C)N(CCCC(=O)O)C(=O)c1cc2c(s1)CCCC2. The lowest BCUT2D eigenvalue weighted by molar-refractivity contribution is -0.137. The number of carbonyl (C=O) groups is 2. The molecule has 0 atom stereocenters. The van der Waals surface area contributed by atoms with Gasteiger partial charge in [0.1, 0.15) is 0 Å². The van der Waals surface area contributed by atoms with E-state index in [-0.39, 0.29) is 18.4 Å². The smallest absolute Gasteiger partial charge is 0.303 e. The number of carboxylic acid groups (broad SMARTS) is 1. The molecule has 1 aliphatic rings. The number of aryl methyl sites for hydroxylation is 2. The summed E-state index contributed by atoms with van der Waals surface area (Å²) in [6.45, 7) is 4.46. The van der Waals surface area contributed by atoms with Crippen molar-refractivity contribution in [1.29, 1.82) is 0 Å². The molecule has 4 nitrogen and oxygen atoms in total. The molecule has 0 aromatic carbocycles. The van der Waals surface area contributed by atoms with Crippen molar-refractivity contribution in [3.8, 4) is 0 Å². The number of fused-ring (bicyclic) bond motifs is 1. The zero-order chi connectivity index (χ0) is 15.4. The maximum Gasteiger partial charge on any atom is 0.303 e. The van der Waals surface area contributed by atoms with E-state index in [0.717, 1.165) is 17.7 Å². The van der Waals surface area contributed by atoms with Crippen LogP contribution in [0.3, 0.4) is 0 Å². The number of thiophene rings is 1. The summed E-state index contributed by atoms with van der Waals surface area (Å²) in [5.74, 6) is -0.757. The van der Waals surface area contributed by atoms with Gasteiger partial charge in [0.25, 0.3) is 5.91 Å². The van der Waals surface area contributed by atoms with Gasteiger partial charge in [-0.1, -0.05) is 0 Å². The Balaban J connectivity index is 2.06. The maximum absolute atomic E-state index is 12.7. The summed E-state index contributed by atoms with van der Waals surface area (Å²) in [4.78, 5) is 27.3. The van der Waals surface area contributed by atoms with Gasteiger partial charge in [-0.15, -0.1) is 11.3 Å². The predicted octanol–water partition coefficient (Wildman–Crippen LogP) is 3.34. The predicted molar refractivity (Wildman–Crippen MR) is 84.0 cm³/mol. The highest BCUT2D eigenvalue weighted by atomic mass is 32.1. The van der Waals surface area contributed by atoms with Crippen molar-refractivity contribution in [2.45, 2.75) is 58.4 Å². The minimum atomic E-state index is -0.808. The monoisotopic (exact) mass is 309 g/mol. The van der Waals surface area contributed by atoms with E-state index in [1.165, 1.54) is 23.3 Å². The van der Waals surface area contributed by atoms with Crippen molar-refractivity contribution in [2.75, 3.05) is 6.54 Å². The van der Waals surface area contributed by atoms with Crippen LogP contribution in [0.4, 0.5) is 0 Å². The summed E-state index contributed by atoms with van der Waals surface area (Å²) in [5, 5.41) is 8.73. The van der Waals surface area contributed by atoms with Gasteiger partial charge in [0.15, 0.2) is 0 Å². The van der Waals surface area contributed by atoms with Gasteiger partial charge in [0.05, 0.1) is 4.88 Å². The number of nitrogens with zero attached hydrogens (tertiary/aromatic N) is 1. The number of aliphatic carboxylic acids is 1. The number of carboxylic acids is 1. The summed E-state index contributed by atoms with van der Waals surface area (Å²) < 4.78 is 0. The number of carbonyl (C=O) groups excluding carboxylic acids is 1. The Kier molecular flexibility index (Phi) is 5.39. The molecule has 21 heavy (non-hydrogen) atoms. The topological polar surface area (TPSA) is 57.6 Å². The number of amides is 1. The van der Waals surface area contributed by atoms with Gasteiger partial charge in [-0.3, -0.25) is 9.59 Å². The molecule has 116 valence electrons. The fraction of sp³-hybridized carbons (Fsp3) is 0.625. The largest absolute Gasteiger partial charge is 0.481 e. The first-order valence-electron chi connectivity index (χ1n) is 7.63. The minimum Gasteiger partial charge on any atom is -0.481 e. The first-order chi connectivity index (χ1) is 9.99. The third-order valence-electron chi connectivity index (χ3n) is 3.88. The van der Waals surface area contributed by atoms with Crippen LogP contribution in [0.5, 0.6) is 0 Å². The highest BCUT2D eigenvalue weighted by Gasteiger charge is 2.23. The third kappa shape index (κ3) is 4.06. The zero-order valence-corrected chi connectivity index (χ0v) is 13.5. The van der Waals surface area contributed by atoms with Crippen LogP contribution in [0.15, 0.2) is 6.07 Å². The van der Waals surface area contributed by atoms with E-state index in [9.17, 15) is 9.59 Å².